The van der Waals surface area contributed by atoms with E-state index >= 15 is 0 Å². The van der Waals surface area contributed by atoms with Crippen molar-refractivity contribution in [2.75, 3.05) is 26.2 Å². The van der Waals surface area contributed by atoms with Gasteiger partial charge in [-0.2, -0.15) is 0 Å². The molecule has 0 spiro atoms. The lowest BCUT2D eigenvalue weighted by molar-refractivity contribution is -0.151. The van der Waals surface area contributed by atoms with Crippen LogP contribution in [0.25, 0.3) is 0 Å². The quantitative estimate of drug-likeness (QED) is 0.449. The first-order valence-corrected chi connectivity index (χ1v) is 10.3. The summed E-state index contributed by atoms with van der Waals surface area (Å²) in [5.74, 6) is -1.06. The Morgan fingerprint density at radius 2 is 1.85 bits per heavy atom. The van der Waals surface area contributed by atoms with E-state index in [-0.39, 0.29) is 33.8 Å². The molecule has 0 aliphatic carbocycles. The lowest BCUT2D eigenvalue weighted by Gasteiger charge is -2.20. The number of hydrogen-bond acceptors (Lipinski definition) is 5. The predicted molar refractivity (Wildman–Crippen MR) is 104 cm³/mol. The summed E-state index contributed by atoms with van der Waals surface area (Å²) in [5, 5.41) is -0.0549. The second-order valence-corrected chi connectivity index (χ2v) is 8.24. The average molecular weight is 437 g/mol. The number of rotatable bonds is 10. The topological polar surface area (TPSA) is 92.8 Å². The molecule has 0 atom stereocenters. The molecule has 1 aromatic rings. The number of ether oxygens (including phenoxy) is 1. The van der Waals surface area contributed by atoms with E-state index < -0.39 is 22.6 Å². The number of nitrogens with one attached hydrogen (secondary N) is 1. The van der Waals surface area contributed by atoms with Gasteiger partial charge in [0.1, 0.15) is 4.90 Å². The average Bonchev–Trinajstić information content (AvgIpc) is 2.56. The molecule has 0 bridgehead atoms. The summed E-state index contributed by atoms with van der Waals surface area (Å²) in [6.07, 6.45) is -0.249. The van der Waals surface area contributed by atoms with Crippen molar-refractivity contribution in [1.82, 2.24) is 9.62 Å². The Balaban J connectivity index is 2.51. The summed E-state index contributed by atoms with van der Waals surface area (Å²) in [6, 6.07) is 4.31. The molecular formula is C17H22Cl2N2O5S. The molecule has 1 aromatic carbocycles. The van der Waals surface area contributed by atoms with Crippen LogP contribution in [-0.4, -0.2) is 51.4 Å². The minimum Gasteiger partial charge on any atom is -0.456 e. The van der Waals surface area contributed by atoms with Crippen molar-refractivity contribution in [1.29, 1.82) is 0 Å². The number of carbonyl (C=O) groups excluding carboxylic acids is 2. The Hall–Kier alpha value is -1.61. The van der Waals surface area contributed by atoms with Crippen LogP contribution in [0.3, 0.4) is 0 Å². The predicted octanol–water partition coefficient (Wildman–Crippen LogP) is 2.63. The third-order valence-corrected chi connectivity index (χ3v) is 5.78. The molecule has 0 aliphatic heterocycles. The third kappa shape index (κ3) is 7.50. The maximum absolute atomic E-state index is 12.3. The number of esters is 1. The smallest absolute Gasteiger partial charge is 0.307 e. The van der Waals surface area contributed by atoms with Gasteiger partial charge in [-0.05, 0) is 26.0 Å². The van der Waals surface area contributed by atoms with Gasteiger partial charge in [0.2, 0.25) is 10.0 Å². The molecule has 27 heavy (non-hydrogen) atoms. The van der Waals surface area contributed by atoms with E-state index in [1.807, 2.05) is 0 Å². The van der Waals surface area contributed by atoms with E-state index in [4.69, 9.17) is 27.9 Å². The number of sulfonamides is 1. The molecule has 0 heterocycles. The number of hydrogen-bond donors (Lipinski definition) is 1. The van der Waals surface area contributed by atoms with Gasteiger partial charge in [-0.3, -0.25) is 9.59 Å². The summed E-state index contributed by atoms with van der Waals surface area (Å²) in [6.45, 7) is 7.53. The fourth-order valence-electron chi connectivity index (χ4n) is 2.11. The number of likely N-dealkylation sites (N-methyl/N-ethyl adjacent to an activating group) is 1. The van der Waals surface area contributed by atoms with E-state index in [9.17, 15) is 18.0 Å². The number of halogens is 2. The molecular weight excluding hydrogens is 415 g/mol. The maximum atomic E-state index is 12.3. The van der Waals surface area contributed by atoms with Gasteiger partial charge in [0.25, 0.3) is 5.91 Å². The summed E-state index contributed by atoms with van der Waals surface area (Å²) < 4.78 is 31.6. The van der Waals surface area contributed by atoms with E-state index in [0.29, 0.717) is 13.1 Å². The van der Waals surface area contributed by atoms with Crippen LogP contribution < -0.4 is 4.72 Å². The van der Waals surface area contributed by atoms with Crippen molar-refractivity contribution >= 4 is 45.1 Å². The van der Waals surface area contributed by atoms with E-state index in [1.165, 1.54) is 23.1 Å². The third-order valence-electron chi connectivity index (χ3n) is 3.36. The van der Waals surface area contributed by atoms with Crippen LogP contribution in [0.5, 0.6) is 0 Å². The van der Waals surface area contributed by atoms with Crippen LogP contribution >= 0.6 is 23.2 Å². The molecule has 0 saturated carbocycles. The maximum Gasteiger partial charge on any atom is 0.307 e. The van der Waals surface area contributed by atoms with Gasteiger partial charge >= 0.3 is 5.97 Å². The van der Waals surface area contributed by atoms with E-state index in [2.05, 4.69) is 11.3 Å². The van der Waals surface area contributed by atoms with Gasteiger partial charge in [0, 0.05) is 19.6 Å². The fourth-order valence-corrected chi connectivity index (χ4v) is 4.28. The van der Waals surface area contributed by atoms with E-state index in [1.54, 1.807) is 13.8 Å². The van der Waals surface area contributed by atoms with Gasteiger partial charge in [0.15, 0.2) is 6.61 Å². The van der Waals surface area contributed by atoms with Crippen molar-refractivity contribution in [3.05, 3.63) is 40.4 Å². The minimum absolute atomic E-state index is 0.0275. The monoisotopic (exact) mass is 436 g/mol. The highest BCUT2D eigenvalue weighted by molar-refractivity contribution is 7.89. The summed E-state index contributed by atoms with van der Waals surface area (Å²) >= 11 is 11.8. The zero-order valence-corrected chi connectivity index (χ0v) is 17.5. The normalized spacial score (nSPS) is 11.1. The van der Waals surface area contributed by atoms with Crippen LogP contribution in [-0.2, 0) is 24.3 Å². The van der Waals surface area contributed by atoms with Crippen LogP contribution in [0.1, 0.15) is 20.3 Å². The molecule has 0 fully saturated rings. The largest absolute Gasteiger partial charge is 0.456 e. The Kier molecular flexibility index (Phi) is 9.25. The first-order chi connectivity index (χ1) is 12.6. The summed E-state index contributed by atoms with van der Waals surface area (Å²) in [7, 11) is -3.99. The molecule has 10 heteroatoms. The van der Waals surface area contributed by atoms with Crippen molar-refractivity contribution < 1.29 is 22.7 Å². The highest BCUT2D eigenvalue weighted by Gasteiger charge is 2.21. The molecule has 7 nitrogen and oxygen atoms in total. The van der Waals surface area contributed by atoms with Crippen LogP contribution in [0.15, 0.2) is 35.2 Å². The van der Waals surface area contributed by atoms with E-state index in [0.717, 1.165) is 5.57 Å². The molecule has 1 N–H and O–H groups in total. The first-order valence-electron chi connectivity index (χ1n) is 8.10. The number of amides is 1. The fraction of sp³-hybridized carbons (Fsp3) is 0.412. The van der Waals surface area contributed by atoms with Crippen molar-refractivity contribution in [2.45, 2.75) is 25.2 Å². The highest BCUT2D eigenvalue weighted by atomic mass is 35.5. The van der Waals surface area contributed by atoms with Gasteiger partial charge in [-0.25, -0.2) is 13.1 Å². The Morgan fingerprint density at radius 1 is 1.26 bits per heavy atom. The van der Waals surface area contributed by atoms with Crippen LogP contribution in [0, 0.1) is 0 Å². The molecule has 0 aliphatic rings. The van der Waals surface area contributed by atoms with Gasteiger partial charge in [0.05, 0.1) is 16.5 Å². The molecule has 150 valence electrons. The molecule has 1 amide bonds. The Morgan fingerprint density at radius 3 is 2.37 bits per heavy atom. The lowest BCUT2D eigenvalue weighted by Crippen LogP contribution is -2.36. The van der Waals surface area contributed by atoms with Gasteiger partial charge in [-0.15, -0.1) is 0 Å². The van der Waals surface area contributed by atoms with Crippen molar-refractivity contribution in [2.24, 2.45) is 0 Å². The molecule has 0 unspecified atom stereocenters. The standard InChI is InChI=1S/C17H22Cl2N2O5S/c1-4-21(10-12(2)3)15(22)11-26-16(23)8-9-20-27(24,25)17-13(18)6-5-7-14(17)19/h5-7,20H,2,4,8-11H2,1,3H3. The number of carbonyl (C=O) groups is 2. The number of benzene rings is 1. The zero-order valence-electron chi connectivity index (χ0n) is 15.1. The molecule has 1 rings (SSSR count). The zero-order chi connectivity index (χ0) is 20.6. The van der Waals surface area contributed by atoms with Crippen LogP contribution in [0.2, 0.25) is 10.0 Å². The van der Waals surface area contributed by atoms with Crippen LogP contribution in [0.4, 0.5) is 0 Å². The molecule has 0 saturated heterocycles. The first kappa shape index (κ1) is 23.4. The summed E-state index contributed by atoms with van der Waals surface area (Å²) in [5.41, 5.74) is 0.809. The molecule has 0 radical (unpaired) electrons. The van der Waals surface area contributed by atoms with Crippen molar-refractivity contribution in [3.8, 4) is 0 Å². The lowest BCUT2D eigenvalue weighted by atomic mass is 10.3. The second kappa shape index (κ2) is 10.7. The second-order valence-electron chi connectivity index (χ2n) is 5.72. The Bertz CT molecular complexity index is 791. The van der Waals surface area contributed by atoms with Gasteiger partial charge < -0.3 is 9.64 Å². The number of nitrogens with zero attached hydrogens (tertiary/aromatic N) is 1. The minimum atomic E-state index is -3.99. The van der Waals surface area contributed by atoms with Crippen molar-refractivity contribution in [3.63, 3.8) is 0 Å². The summed E-state index contributed by atoms with van der Waals surface area (Å²) in [4.78, 5) is 25.0. The van der Waals surface area contributed by atoms with Gasteiger partial charge in [-0.1, -0.05) is 41.4 Å². The highest BCUT2D eigenvalue weighted by Crippen LogP contribution is 2.28. The SMILES string of the molecule is C=C(C)CN(CC)C(=O)COC(=O)CCNS(=O)(=O)c1c(Cl)cccc1Cl. The molecule has 0 aromatic heterocycles. The Labute approximate surface area is 169 Å².